The second kappa shape index (κ2) is 6.68. The molecular formula is C13H20N4O4. The van der Waals surface area contributed by atoms with E-state index in [1.807, 2.05) is 0 Å². The standard InChI is InChI=1S/C13H20N4O4/c1-15-9-10(12(19)16(2)13(15)20)11(18)14-3-4-17-5-7-21-8-6-17/h9H,3-8H2,1-2H3,(H,14,18). The van der Waals surface area contributed by atoms with E-state index in [4.69, 9.17) is 4.74 Å². The Morgan fingerprint density at radius 2 is 1.95 bits per heavy atom. The summed E-state index contributed by atoms with van der Waals surface area (Å²) in [6, 6.07) is 0. The minimum atomic E-state index is -0.582. The van der Waals surface area contributed by atoms with Crippen LogP contribution in [0.25, 0.3) is 0 Å². The monoisotopic (exact) mass is 296 g/mol. The van der Waals surface area contributed by atoms with Crippen LogP contribution in [-0.2, 0) is 18.8 Å². The Balaban J connectivity index is 1.97. The molecule has 21 heavy (non-hydrogen) atoms. The first-order valence-corrected chi connectivity index (χ1v) is 6.85. The maximum atomic E-state index is 12.0. The summed E-state index contributed by atoms with van der Waals surface area (Å²) in [7, 11) is 2.86. The quantitative estimate of drug-likeness (QED) is 0.705. The summed E-state index contributed by atoms with van der Waals surface area (Å²) in [6.07, 6.45) is 1.27. The minimum Gasteiger partial charge on any atom is -0.379 e. The lowest BCUT2D eigenvalue weighted by Gasteiger charge is -2.26. The molecule has 0 unspecified atom stereocenters. The predicted molar refractivity (Wildman–Crippen MR) is 76.5 cm³/mol. The molecule has 116 valence electrons. The summed E-state index contributed by atoms with van der Waals surface area (Å²) in [5, 5.41) is 2.71. The Kier molecular flexibility index (Phi) is 4.92. The van der Waals surface area contributed by atoms with Crippen molar-refractivity contribution < 1.29 is 9.53 Å². The molecule has 1 fully saturated rings. The Hall–Kier alpha value is -1.93. The van der Waals surface area contributed by atoms with Gasteiger partial charge in [-0.2, -0.15) is 0 Å². The van der Waals surface area contributed by atoms with E-state index in [0.29, 0.717) is 26.3 Å². The highest BCUT2D eigenvalue weighted by molar-refractivity contribution is 5.93. The average Bonchev–Trinajstić information content (AvgIpc) is 2.49. The molecule has 1 aliphatic heterocycles. The molecule has 1 N–H and O–H groups in total. The number of aromatic nitrogens is 2. The van der Waals surface area contributed by atoms with Gasteiger partial charge in [-0.3, -0.25) is 19.1 Å². The first kappa shape index (κ1) is 15.5. The fourth-order valence-electron chi connectivity index (χ4n) is 2.21. The first-order valence-electron chi connectivity index (χ1n) is 6.85. The van der Waals surface area contributed by atoms with Gasteiger partial charge in [0.15, 0.2) is 0 Å². The van der Waals surface area contributed by atoms with Crippen molar-refractivity contribution >= 4 is 5.91 Å². The molecule has 0 atom stereocenters. The topological polar surface area (TPSA) is 85.6 Å². The van der Waals surface area contributed by atoms with Crippen molar-refractivity contribution in [1.29, 1.82) is 0 Å². The van der Waals surface area contributed by atoms with Gasteiger partial charge < -0.3 is 14.6 Å². The van der Waals surface area contributed by atoms with Crippen molar-refractivity contribution in [2.45, 2.75) is 0 Å². The lowest BCUT2D eigenvalue weighted by molar-refractivity contribution is 0.0383. The van der Waals surface area contributed by atoms with Crippen LogP contribution in [0.4, 0.5) is 0 Å². The second-order valence-electron chi connectivity index (χ2n) is 5.01. The van der Waals surface area contributed by atoms with Gasteiger partial charge in [-0.05, 0) is 0 Å². The van der Waals surface area contributed by atoms with E-state index in [2.05, 4.69) is 10.2 Å². The number of rotatable bonds is 4. The van der Waals surface area contributed by atoms with Crippen LogP contribution in [0.3, 0.4) is 0 Å². The molecule has 0 aromatic carbocycles. The SMILES string of the molecule is Cn1cc(C(=O)NCCN2CCOCC2)c(=O)n(C)c1=O. The second-order valence-corrected chi connectivity index (χ2v) is 5.01. The van der Waals surface area contributed by atoms with E-state index in [0.717, 1.165) is 17.7 Å². The van der Waals surface area contributed by atoms with Gasteiger partial charge >= 0.3 is 5.69 Å². The van der Waals surface area contributed by atoms with E-state index >= 15 is 0 Å². The molecule has 1 aromatic heterocycles. The molecule has 8 heteroatoms. The summed E-state index contributed by atoms with van der Waals surface area (Å²) in [5.74, 6) is -0.459. The van der Waals surface area contributed by atoms with Crippen molar-refractivity contribution in [3.05, 3.63) is 32.6 Å². The van der Waals surface area contributed by atoms with E-state index in [1.165, 1.54) is 24.9 Å². The molecule has 1 saturated heterocycles. The van der Waals surface area contributed by atoms with Crippen LogP contribution in [-0.4, -0.2) is 59.3 Å². The van der Waals surface area contributed by atoms with Crippen LogP contribution in [0.1, 0.15) is 10.4 Å². The first-order chi connectivity index (χ1) is 10.0. The van der Waals surface area contributed by atoms with Gasteiger partial charge in [-0.15, -0.1) is 0 Å². The van der Waals surface area contributed by atoms with Crippen LogP contribution in [0.2, 0.25) is 0 Å². The molecule has 2 heterocycles. The van der Waals surface area contributed by atoms with E-state index < -0.39 is 17.2 Å². The molecule has 0 bridgehead atoms. The Bertz CT molecular complexity index is 628. The number of amides is 1. The highest BCUT2D eigenvalue weighted by Crippen LogP contribution is 1.95. The molecule has 1 amide bonds. The highest BCUT2D eigenvalue weighted by atomic mass is 16.5. The highest BCUT2D eigenvalue weighted by Gasteiger charge is 2.15. The lowest BCUT2D eigenvalue weighted by Crippen LogP contribution is -2.44. The van der Waals surface area contributed by atoms with Crippen LogP contribution >= 0.6 is 0 Å². The third-order valence-electron chi connectivity index (χ3n) is 3.51. The summed E-state index contributed by atoms with van der Waals surface area (Å²) in [4.78, 5) is 37.7. The smallest absolute Gasteiger partial charge is 0.330 e. The molecule has 0 spiro atoms. The fourth-order valence-corrected chi connectivity index (χ4v) is 2.21. The summed E-state index contributed by atoms with van der Waals surface area (Å²) in [6.45, 7) is 4.26. The van der Waals surface area contributed by atoms with Crippen molar-refractivity contribution in [1.82, 2.24) is 19.4 Å². The molecule has 1 aliphatic rings. The number of aryl methyl sites for hydroxylation is 1. The summed E-state index contributed by atoms with van der Waals surface area (Å²) < 4.78 is 7.39. The van der Waals surface area contributed by atoms with Crippen molar-refractivity contribution in [2.24, 2.45) is 14.1 Å². The Morgan fingerprint density at radius 3 is 2.62 bits per heavy atom. The van der Waals surface area contributed by atoms with E-state index in [9.17, 15) is 14.4 Å². The molecule has 0 aliphatic carbocycles. The van der Waals surface area contributed by atoms with Gasteiger partial charge in [0.1, 0.15) is 5.56 Å². The zero-order valence-electron chi connectivity index (χ0n) is 12.3. The number of ether oxygens (including phenoxy) is 1. The van der Waals surface area contributed by atoms with Crippen molar-refractivity contribution in [2.75, 3.05) is 39.4 Å². The Morgan fingerprint density at radius 1 is 1.29 bits per heavy atom. The van der Waals surface area contributed by atoms with Gasteiger partial charge in [-0.25, -0.2) is 4.79 Å². The molecule has 1 aromatic rings. The van der Waals surface area contributed by atoms with Crippen LogP contribution < -0.4 is 16.6 Å². The maximum Gasteiger partial charge on any atom is 0.330 e. The van der Waals surface area contributed by atoms with E-state index in [1.54, 1.807) is 0 Å². The van der Waals surface area contributed by atoms with Crippen molar-refractivity contribution in [3.63, 3.8) is 0 Å². The molecule has 8 nitrogen and oxygen atoms in total. The summed E-state index contributed by atoms with van der Waals surface area (Å²) >= 11 is 0. The number of nitrogens with zero attached hydrogens (tertiary/aromatic N) is 3. The normalized spacial score (nSPS) is 15.9. The zero-order chi connectivity index (χ0) is 15.4. The largest absolute Gasteiger partial charge is 0.379 e. The number of hydrogen-bond acceptors (Lipinski definition) is 5. The fraction of sp³-hybridized carbons (Fsp3) is 0.615. The molecule has 0 saturated carbocycles. The van der Waals surface area contributed by atoms with Gasteiger partial charge in [0.25, 0.3) is 11.5 Å². The number of carbonyl (C=O) groups is 1. The number of hydrogen-bond donors (Lipinski definition) is 1. The number of nitrogens with one attached hydrogen (secondary N) is 1. The Labute approximate surface area is 121 Å². The van der Waals surface area contributed by atoms with Gasteiger partial charge in [-0.1, -0.05) is 0 Å². The predicted octanol–water partition coefficient (Wildman–Crippen LogP) is -1.85. The maximum absolute atomic E-state index is 12.0. The van der Waals surface area contributed by atoms with Gasteiger partial charge in [0.2, 0.25) is 0 Å². The third-order valence-corrected chi connectivity index (χ3v) is 3.51. The third kappa shape index (κ3) is 3.59. The molecule has 0 radical (unpaired) electrons. The minimum absolute atomic E-state index is 0.0263. The van der Waals surface area contributed by atoms with Crippen LogP contribution in [0.5, 0.6) is 0 Å². The van der Waals surface area contributed by atoms with Crippen LogP contribution in [0.15, 0.2) is 15.8 Å². The number of morpholine rings is 1. The number of carbonyl (C=O) groups excluding carboxylic acids is 1. The molecular weight excluding hydrogens is 276 g/mol. The van der Waals surface area contributed by atoms with Crippen LogP contribution in [0, 0.1) is 0 Å². The molecule has 2 rings (SSSR count). The summed E-state index contributed by atoms with van der Waals surface area (Å²) in [5.41, 5.74) is -1.06. The average molecular weight is 296 g/mol. The zero-order valence-corrected chi connectivity index (χ0v) is 12.3. The van der Waals surface area contributed by atoms with Gasteiger partial charge in [0.05, 0.1) is 13.2 Å². The van der Waals surface area contributed by atoms with E-state index in [-0.39, 0.29) is 5.56 Å². The lowest BCUT2D eigenvalue weighted by atomic mass is 10.3. The van der Waals surface area contributed by atoms with Crippen molar-refractivity contribution in [3.8, 4) is 0 Å². The van der Waals surface area contributed by atoms with Gasteiger partial charge in [0, 0.05) is 46.5 Å².